The monoisotopic (exact) mass is 463 g/mol. The molecule has 1 amide bonds. The number of nitrogens with zero attached hydrogens (tertiary/aromatic N) is 1. The Morgan fingerprint density at radius 3 is 2.56 bits per heavy atom. The molecule has 1 heterocycles. The van der Waals surface area contributed by atoms with Crippen LogP contribution in [-0.2, 0) is 24.2 Å². The van der Waals surface area contributed by atoms with Crippen molar-refractivity contribution in [3.63, 3.8) is 0 Å². The number of fused-ring (bicyclic) bond motifs is 1. The van der Waals surface area contributed by atoms with Crippen LogP contribution in [0, 0.1) is 5.82 Å². The maximum Gasteiger partial charge on any atom is 0.323 e. The number of carboxylic acids is 1. The molecule has 1 N–H and O–H groups in total. The molecule has 1 aliphatic rings. The zero-order valence-corrected chi connectivity index (χ0v) is 19.1. The van der Waals surface area contributed by atoms with Crippen LogP contribution in [0.15, 0.2) is 66.7 Å². The molecule has 0 saturated heterocycles. The molecular formula is C27H26FNO5. The van der Waals surface area contributed by atoms with Crippen LogP contribution in [-0.4, -0.2) is 41.1 Å². The van der Waals surface area contributed by atoms with E-state index in [4.69, 9.17) is 9.47 Å². The second kappa shape index (κ2) is 9.55. The van der Waals surface area contributed by atoms with Crippen LogP contribution in [0.1, 0.15) is 34.0 Å². The van der Waals surface area contributed by atoms with Gasteiger partial charge in [-0.25, -0.2) is 4.39 Å². The predicted molar refractivity (Wildman–Crippen MR) is 125 cm³/mol. The van der Waals surface area contributed by atoms with E-state index >= 15 is 0 Å². The maximum atomic E-state index is 13.3. The number of rotatable bonds is 8. The lowest BCUT2D eigenvalue weighted by atomic mass is 9.91. The maximum absolute atomic E-state index is 13.3. The molecule has 7 heteroatoms. The third kappa shape index (κ3) is 5.20. The molecule has 0 unspecified atom stereocenters. The molecular weight excluding hydrogens is 437 g/mol. The predicted octanol–water partition coefficient (Wildman–Crippen LogP) is 4.50. The molecule has 0 aromatic heterocycles. The molecule has 0 saturated carbocycles. The van der Waals surface area contributed by atoms with Gasteiger partial charge in [-0.3, -0.25) is 9.59 Å². The Morgan fingerprint density at radius 2 is 1.85 bits per heavy atom. The number of ether oxygens (including phenoxy) is 2. The van der Waals surface area contributed by atoms with E-state index in [2.05, 4.69) is 0 Å². The van der Waals surface area contributed by atoms with Crippen molar-refractivity contribution in [2.75, 3.05) is 13.7 Å². The summed E-state index contributed by atoms with van der Waals surface area (Å²) >= 11 is 0. The number of methoxy groups -OCH3 is 1. The summed E-state index contributed by atoms with van der Waals surface area (Å²) in [4.78, 5) is 26.1. The number of carbonyl (C=O) groups excluding carboxylic acids is 1. The van der Waals surface area contributed by atoms with Gasteiger partial charge in [-0.15, -0.1) is 0 Å². The standard InChI is InChI=1S/C27H26FNO5/c1-27(14-18-7-10-22(28)11-8-18)15-21-13-19(9-12-24(21)34-27)26(32)29(17-25(30)31)16-20-5-3-4-6-23(20)33-2/h3-13H,14-17H2,1-2H3,(H,30,31)/t27-/m0/s1. The van der Waals surface area contributed by atoms with Gasteiger partial charge in [-0.05, 0) is 54.4 Å². The van der Waals surface area contributed by atoms with Crippen molar-refractivity contribution in [2.45, 2.75) is 31.9 Å². The highest BCUT2D eigenvalue weighted by Gasteiger charge is 2.35. The first-order valence-electron chi connectivity index (χ1n) is 11.0. The van der Waals surface area contributed by atoms with E-state index in [9.17, 15) is 19.1 Å². The second-order valence-electron chi connectivity index (χ2n) is 8.72. The first-order valence-corrected chi connectivity index (χ1v) is 11.0. The van der Waals surface area contributed by atoms with Crippen molar-refractivity contribution in [1.29, 1.82) is 0 Å². The molecule has 3 aromatic rings. The van der Waals surface area contributed by atoms with Gasteiger partial charge >= 0.3 is 5.97 Å². The Morgan fingerprint density at radius 1 is 1.12 bits per heavy atom. The van der Waals surface area contributed by atoms with Crippen LogP contribution in [0.4, 0.5) is 4.39 Å². The Balaban J connectivity index is 1.54. The van der Waals surface area contributed by atoms with Crippen LogP contribution in [0.25, 0.3) is 0 Å². The minimum absolute atomic E-state index is 0.102. The third-order valence-electron chi connectivity index (χ3n) is 5.89. The molecule has 3 aromatic carbocycles. The quantitative estimate of drug-likeness (QED) is 0.533. The van der Waals surface area contributed by atoms with Gasteiger partial charge in [0.1, 0.15) is 29.5 Å². The number of halogens is 1. The number of benzene rings is 3. The highest BCUT2D eigenvalue weighted by molar-refractivity contribution is 5.96. The number of carboxylic acid groups (broad SMARTS) is 1. The van der Waals surface area contributed by atoms with E-state index in [1.807, 2.05) is 19.1 Å². The highest BCUT2D eigenvalue weighted by atomic mass is 19.1. The lowest BCUT2D eigenvalue weighted by molar-refractivity contribution is -0.137. The minimum atomic E-state index is -1.10. The first-order chi connectivity index (χ1) is 16.3. The Hall–Kier alpha value is -3.87. The Labute approximate surface area is 197 Å². The Kier molecular flexibility index (Phi) is 6.54. The fourth-order valence-corrected chi connectivity index (χ4v) is 4.37. The number of carbonyl (C=O) groups is 2. The van der Waals surface area contributed by atoms with Gasteiger partial charge in [0.2, 0.25) is 0 Å². The topological polar surface area (TPSA) is 76.1 Å². The lowest BCUT2D eigenvalue weighted by Gasteiger charge is -2.24. The fourth-order valence-electron chi connectivity index (χ4n) is 4.37. The van der Waals surface area contributed by atoms with Crippen molar-refractivity contribution < 1.29 is 28.6 Å². The SMILES string of the molecule is COc1ccccc1CN(CC(=O)O)C(=O)c1ccc2c(c1)C[C@](C)(Cc1ccc(F)cc1)O2. The average Bonchev–Trinajstić information content (AvgIpc) is 3.14. The smallest absolute Gasteiger partial charge is 0.323 e. The van der Waals surface area contributed by atoms with Gasteiger partial charge in [-0.1, -0.05) is 30.3 Å². The molecule has 0 aliphatic carbocycles. The summed E-state index contributed by atoms with van der Waals surface area (Å²) in [5.74, 6) is -0.491. The summed E-state index contributed by atoms with van der Waals surface area (Å²) in [6.45, 7) is 1.65. The van der Waals surface area contributed by atoms with Gasteiger partial charge in [-0.2, -0.15) is 0 Å². The molecule has 176 valence electrons. The van der Waals surface area contributed by atoms with E-state index in [0.717, 1.165) is 16.7 Å². The normalized spacial score (nSPS) is 16.4. The van der Waals surface area contributed by atoms with E-state index in [1.54, 1.807) is 42.5 Å². The van der Waals surface area contributed by atoms with Crippen molar-refractivity contribution in [3.8, 4) is 11.5 Å². The number of hydrogen-bond donors (Lipinski definition) is 1. The number of aliphatic carboxylic acids is 1. The number of amides is 1. The van der Waals surface area contributed by atoms with Crippen LogP contribution in [0.2, 0.25) is 0 Å². The van der Waals surface area contributed by atoms with Crippen LogP contribution < -0.4 is 9.47 Å². The molecule has 0 radical (unpaired) electrons. The Bertz CT molecular complexity index is 1210. The van der Waals surface area contributed by atoms with Gasteiger partial charge in [0.25, 0.3) is 5.91 Å². The zero-order chi connectivity index (χ0) is 24.3. The van der Waals surface area contributed by atoms with Crippen molar-refractivity contribution in [1.82, 2.24) is 4.90 Å². The zero-order valence-electron chi connectivity index (χ0n) is 19.1. The third-order valence-corrected chi connectivity index (χ3v) is 5.89. The summed E-state index contributed by atoms with van der Waals surface area (Å²) in [6, 6.07) is 18.7. The molecule has 0 bridgehead atoms. The summed E-state index contributed by atoms with van der Waals surface area (Å²) in [6.07, 6.45) is 1.16. The van der Waals surface area contributed by atoms with Gasteiger partial charge in [0.05, 0.1) is 13.7 Å². The van der Waals surface area contributed by atoms with Crippen molar-refractivity contribution in [3.05, 3.63) is 94.8 Å². The molecule has 34 heavy (non-hydrogen) atoms. The molecule has 0 fully saturated rings. The van der Waals surface area contributed by atoms with E-state index in [1.165, 1.54) is 24.1 Å². The molecule has 4 rings (SSSR count). The summed E-state index contributed by atoms with van der Waals surface area (Å²) in [7, 11) is 1.53. The molecule has 6 nitrogen and oxygen atoms in total. The largest absolute Gasteiger partial charge is 0.496 e. The highest BCUT2D eigenvalue weighted by Crippen LogP contribution is 2.37. The molecule has 1 atom stereocenters. The average molecular weight is 464 g/mol. The van der Waals surface area contributed by atoms with E-state index < -0.39 is 18.1 Å². The number of para-hydroxylation sites is 1. The van der Waals surface area contributed by atoms with Crippen LogP contribution in [0.3, 0.4) is 0 Å². The van der Waals surface area contributed by atoms with E-state index in [-0.39, 0.29) is 18.3 Å². The van der Waals surface area contributed by atoms with Gasteiger partial charge in [0.15, 0.2) is 0 Å². The van der Waals surface area contributed by atoms with Crippen LogP contribution >= 0.6 is 0 Å². The minimum Gasteiger partial charge on any atom is -0.496 e. The molecule has 1 aliphatic heterocycles. The second-order valence-corrected chi connectivity index (χ2v) is 8.72. The van der Waals surface area contributed by atoms with E-state index in [0.29, 0.717) is 29.9 Å². The van der Waals surface area contributed by atoms with Crippen molar-refractivity contribution in [2.24, 2.45) is 0 Å². The van der Waals surface area contributed by atoms with Gasteiger partial charge in [0, 0.05) is 24.0 Å². The number of hydrogen-bond acceptors (Lipinski definition) is 4. The summed E-state index contributed by atoms with van der Waals surface area (Å²) in [5, 5.41) is 9.40. The van der Waals surface area contributed by atoms with Crippen molar-refractivity contribution >= 4 is 11.9 Å². The van der Waals surface area contributed by atoms with Gasteiger partial charge < -0.3 is 19.5 Å². The summed E-state index contributed by atoms with van der Waals surface area (Å²) < 4.78 is 24.8. The van der Waals surface area contributed by atoms with Crippen LogP contribution in [0.5, 0.6) is 11.5 Å². The fraction of sp³-hybridized carbons (Fsp3) is 0.259. The summed E-state index contributed by atoms with van der Waals surface area (Å²) in [5.41, 5.74) is 2.42. The lowest BCUT2D eigenvalue weighted by Crippen LogP contribution is -2.35. The molecule has 0 spiro atoms. The first kappa shape index (κ1) is 23.3.